The Morgan fingerprint density at radius 1 is 0.324 bits per heavy atom. The van der Waals surface area contributed by atoms with Gasteiger partial charge in [-0.3, -0.25) is 9.59 Å². The fourth-order valence-corrected chi connectivity index (χ4v) is 11.2. The summed E-state index contributed by atoms with van der Waals surface area (Å²) < 4.78 is 5.51. The highest BCUT2D eigenvalue weighted by molar-refractivity contribution is 5.76. The average molecular weight is 1050 g/mol. The van der Waals surface area contributed by atoms with E-state index in [0.29, 0.717) is 25.9 Å². The summed E-state index contributed by atoms with van der Waals surface area (Å²) in [4.78, 5) is 24.6. The molecule has 74 heavy (non-hydrogen) atoms. The van der Waals surface area contributed by atoms with E-state index in [2.05, 4.69) is 19.2 Å². The Balaban J connectivity index is 3.28. The van der Waals surface area contributed by atoms with Crippen molar-refractivity contribution in [3.8, 4) is 0 Å². The highest BCUT2D eigenvalue weighted by atomic mass is 16.5. The molecule has 0 aliphatic heterocycles. The lowest BCUT2D eigenvalue weighted by Crippen LogP contribution is -2.45. The minimum atomic E-state index is -0.659. The van der Waals surface area contributed by atoms with Crippen LogP contribution in [0.4, 0.5) is 0 Å². The number of nitrogens with one attached hydrogen (secondary N) is 1. The first kappa shape index (κ1) is 72.9. The molecule has 2 atom stereocenters. The number of esters is 1. The van der Waals surface area contributed by atoms with Crippen LogP contribution in [0, 0.1) is 0 Å². The monoisotopic (exact) mass is 1050 g/mol. The number of carbonyl (C=O) groups excluding carboxylic acids is 2. The minimum absolute atomic E-state index is 0.0246. The van der Waals surface area contributed by atoms with E-state index in [-0.39, 0.29) is 18.5 Å². The zero-order valence-electron chi connectivity index (χ0n) is 50.6. The predicted octanol–water partition coefficient (Wildman–Crippen LogP) is 21.8. The van der Waals surface area contributed by atoms with Crippen molar-refractivity contribution in [1.29, 1.82) is 0 Å². The fraction of sp³-hybridized carbons (Fsp3) is 0.971. The zero-order valence-corrected chi connectivity index (χ0v) is 50.6. The molecule has 0 fully saturated rings. The molecule has 2 unspecified atom stereocenters. The van der Waals surface area contributed by atoms with Crippen molar-refractivity contribution in [2.75, 3.05) is 13.2 Å². The Labute approximate surface area is 464 Å². The first-order chi connectivity index (χ1) is 36.5. The van der Waals surface area contributed by atoms with Crippen LogP contribution in [0.25, 0.3) is 0 Å². The Bertz CT molecular complexity index is 1070. The SMILES string of the molecule is CCCCCCCCCCCCCCCCCCCCCC(=O)OCCCCCCCCCCCCCCCCCCCCCCCCCCCCCCC(=O)NC(CO)C(O)CCCCCCCCCCCC. The lowest BCUT2D eigenvalue weighted by Gasteiger charge is -2.22. The molecule has 0 aromatic heterocycles. The van der Waals surface area contributed by atoms with Crippen LogP contribution in [0.2, 0.25) is 0 Å². The van der Waals surface area contributed by atoms with Crippen LogP contribution in [0.5, 0.6) is 0 Å². The van der Waals surface area contributed by atoms with Gasteiger partial charge in [-0.15, -0.1) is 0 Å². The van der Waals surface area contributed by atoms with E-state index in [9.17, 15) is 19.8 Å². The molecule has 0 aromatic rings. The van der Waals surface area contributed by atoms with E-state index < -0.39 is 12.1 Å². The molecule has 0 saturated carbocycles. The molecule has 0 heterocycles. The summed E-state index contributed by atoms with van der Waals surface area (Å²) in [6.07, 6.45) is 77.3. The first-order valence-electron chi connectivity index (χ1n) is 34.3. The molecular formula is C68H135NO5. The van der Waals surface area contributed by atoms with Crippen LogP contribution < -0.4 is 5.32 Å². The van der Waals surface area contributed by atoms with Gasteiger partial charge in [0, 0.05) is 12.8 Å². The molecule has 0 bridgehead atoms. The number of hydrogen-bond acceptors (Lipinski definition) is 5. The maximum absolute atomic E-state index is 12.4. The number of unbranched alkanes of at least 4 members (excludes halogenated alkanes) is 54. The standard InChI is InChI=1S/C68H135NO5/c1-3-5-7-9-11-13-15-16-17-18-29-33-36-39-42-46-50-54-58-62-68(73)74-63-59-55-51-47-43-40-37-34-31-28-26-24-22-20-19-21-23-25-27-30-32-35-38-41-45-49-53-57-61-67(72)69-65(64-70)66(71)60-56-52-48-44-14-12-10-8-6-4-2/h65-66,70-71H,3-64H2,1-2H3,(H,69,72). The molecule has 3 N–H and O–H groups in total. The fourth-order valence-electron chi connectivity index (χ4n) is 11.2. The van der Waals surface area contributed by atoms with Crippen LogP contribution in [-0.2, 0) is 14.3 Å². The van der Waals surface area contributed by atoms with Crippen LogP contribution in [0.3, 0.4) is 0 Å². The second-order valence-electron chi connectivity index (χ2n) is 23.9. The van der Waals surface area contributed by atoms with Crippen molar-refractivity contribution in [2.24, 2.45) is 0 Å². The van der Waals surface area contributed by atoms with Gasteiger partial charge < -0.3 is 20.3 Å². The largest absolute Gasteiger partial charge is 0.466 e. The second kappa shape index (κ2) is 64.4. The van der Waals surface area contributed by atoms with Gasteiger partial charge in [-0.05, 0) is 25.7 Å². The number of ether oxygens (including phenoxy) is 1. The molecule has 6 nitrogen and oxygen atoms in total. The van der Waals surface area contributed by atoms with Gasteiger partial charge in [-0.25, -0.2) is 0 Å². The normalized spacial score (nSPS) is 12.4. The number of aliphatic hydroxyl groups excluding tert-OH is 2. The Kier molecular flexibility index (Phi) is 63.4. The summed E-state index contributed by atoms with van der Waals surface area (Å²) in [5.74, 6) is -0.00635. The lowest BCUT2D eigenvalue weighted by atomic mass is 10.0. The van der Waals surface area contributed by atoms with Gasteiger partial charge in [-0.1, -0.05) is 361 Å². The average Bonchev–Trinajstić information content (AvgIpc) is 3.40. The third-order valence-electron chi connectivity index (χ3n) is 16.4. The molecular weight excluding hydrogens is 911 g/mol. The highest BCUT2D eigenvalue weighted by Crippen LogP contribution is 2.19. The molecule has 442 valence electrons. The number of amides is 1. The maximum atomic E-state index is 12.4. The first-order valence-corrected chi connectivity index (χ1v) is 34.3. The number of aliphatic hydroxyl groups is 2. The molecule has 0 rings (SSSR count). The van der Waals surface area contributed by atoms with Gasteiger partial charge in [0.15, 0.2) is 0 Å². The van der Waals surface area contributed by atoms with Crippen molar-refractivity contribution in [3.63, 3.8) is 0 Å². The summed E-state index contributed by atoms with van der Waals surface area (Å²) in [6.45, 7) is 4.98. The Morgan fingerprint density at radius 3 is 0.824 bits per heavy atom. The van der Waals surface area contributed by atoms with Crippen LogP contribution in [0.15, 0.2) is 0 Å². The molecule has 0 aromatic carbocycles. The molecule has 0 aliphatic rings. The maximum Gasteiger partial charge on any atom is 0.305 e. The van der Waals surface area contributed by atoms with Gasteiger partial charge in [0.2, 0.25) is 5.91 Å². The summed E-state index contributed by atoms with van der Waals surface area (Å²) in [7, 11) is 0. The lowest BCUT2D eigenvalue weighted by molar-refractivity contribution is -0.143. The molecule has 6 heteroatoms. The van der Waals surface area contributed by atoms with E-state index in [1.54, 1.807) is 0 Å². The number of carbonyl (C=O) groups is 2. The molecule has 0 spiro atoms. The minimum Gasteiger partial charge on any atom is -0.466 e. The van der Waals surface area contributed by atoms with E-state index >= 15 is 0 Å². The summed E-state index contributed by atoms with van der Waals surface area (Å²) in [5, 5.41) is 23.2. The van der Waals surface area contributed by atoms with Gasteiger partial charge >= 0.3 is 5.97 Å². The number of hydrogen-bond donors (Lipinski definition) is 3. The molecule has 0 aliphatic carbocycles. The van der Waals surface area contributed by atoms with Crippen molar-refractivity contribution < 1.29 is 24.5 Å². The Hall–Kier alpha value is -1.14. The predicted molar refractivity (Wildman–Crippen MR) is 324 cm³/mol. The van der Waals surface area contributed by atoms with Crippen molar-refractivity contribution in [1.82, 2.24) is 5.32 Å². The summed E-state index contributed by atoms with van der Waals surface area (Å²) in [6, 6.07) is -0.536. The second-order valence-corrected chi connectivity index (χ2v) is 23.9. The third kappa shape index (κ3) is 60.1. The summed E-state index contributed by atoms with van der Waals surface area (Å²) in [5.41, 5.74) is 0. The molecule has 1 amide bonds. The van der Waals surface area contributed by atoms with Crippen LogP contribution >= 0.6 is 0 Å². The topological polar surface area (TPSA) is 95.9 Å². The van der Waals surface area contributed by atoms with Gasteiger partial charge in [0.25, 0.3) is 0 Å². The van der Waals surface area contributed by atoms with Gasteiger partial charge in [0.1, 0.15) is 0 Å². The molecule has 0 saturated heterocycles. The van der Waals surface area contributed by atoms with Crippen LogP contribution in [0.1, 0.15) is 399 Å². The third-order valence-corrected chi connectivity index (χ3v) is 16.4. The van der Waals surface area contributed by atoms with E-state index in [4.69, 9.17) is 4.74 Å². The van der Waals surface area contributed by atoms with E-state index in [1.807, 2.05) is 0 Å². The smallest absolute Gasteiger partial charge is 0.305 e. The van der Waals surface area contributed by atoms with Crippen LogP contribution in [-0.4, -0.2) is 47.4 Å². The quantitative estimate of drug-likeness (QED) is 0.0417. The molecule has 0 radical (unpaired) electrons. The van der Waals surface area contributed by atoms with Gasteiger partial charge in [0.05, 0.1) is 25.4 Å². The zero-order chi connectivity index (χ0) is 53.6. The van der Waals surface area contributed by atoms with Crippen molar-refractivity contribution >= 4 is 11.9 Å². The van der Waals surface area contributed by atoms with E-state index in [0.717, 1.165) is 38.5 Å². The number of rotatable bonds is 65. The van der Waals surface area contributed by atoms with E-state index in [1.165, 1.54) is 327 Å². The van der Waals surface area contributed by atoms with Crippen molar-refractivity contribution in [3.05, 3.63) is 0 Å². The van der Waals surface area contributed by atoms with Crippen molar-refractivity contribution in [2.45, 2.75) is 411 Å². The summed E-state index contributed by atoms with van der Waals surface area (Å²) >= 11 is 0. The highest BCUT2D eigenvalue weighted by Gasteiger charge is 2.20. The Morgan fingerprint density at radius 2 is 0.554 bits per heavy atom. The van der Waals surface area contributed by atoms with Gasteiger partial charge in [-0.2, -0.15) is 0 Å².